The number of hydrogen-bond donors (Lipinski definition) is 1. The van der Waals surface area contributed by atoms with Crippen LogP contribution < -0.4 is 15.0 Å². The molecule has 0 saturated carbocycles. The normalized spacial score (nSPS) is 14.5. The van der Waals surface area contributed by atoms with Crippen molar-refractivity contribution in [1.82, 2.24) is 15.0 Å². The first-order chi connectivity index (χ1) is 16.3. The molecule has 0 unspecified atom stereocenters. The molecule has 1 N–H and O–H groups in total. The first-order valence-electron chi connectivity index (χ1n) is 10.9. The molecule has 3 aromatic rings. The highest BCUT2D eigenvalue weighted by molar-refractivity contribution is 6.29. The van der Waals surface area contributed by atoms with Crippen molar-refractivity contribution in [2.75, 3.05) is 30.4 Å². The third-order valence-electron chi connectivity index (χ3n) is 6.16. The summed E-state index contributed by atoms with van der Waals surface area (Å²) in [4.78, 5) is 39.8. The standard InChI is InChI=1S/C25H26ClN5O3/c1-15(2)17-7-5-6-8-18(17)25(24(33)30-19-10-28-22(26)9-21(19)34-4)13-31(14-25)23-11-27-20(12-32)16(3)29-23/h5-12,15H,13-14H2,1-4H3,(H,30,33). The Balaban J connectivity index is 1.72. The van der Waals surface area contributed by atoms with Gasteiger partial charge in [0.15, 0.2) is 6.29 Å². The third kappa shape index (κ3) is 4.21. The van der Waals surface area contributed by atoms with Crippen LogP contribution in [0.1, 0.15) is 47.1 Å². The van der Waals surface area contributed by atoms with Crippen LogP contribution in [0.4, 0.5) is 11.5 Å². The van der Waals surface area contributed by atoms with E-state index < -0.39 is 5.41 Å². The topological polar surface area (TPSA) is 97.3 Å². The van der Waals surface area contributed by atoms with Gasteiger partial charge in [-0.2, -0.15) is 0 Å². The SMILES string of the molecule is COc1cc(Cl)ncc1NC(=O)C1(c2ccccc2C(C)C)CN(c2cnc(C=O)c(C)n2)C1. The molecule has 176 valence electrons. The van der Waals surface area contributed by atoms with Gasteiger partial charge in [0.2, 0.25) is 5.91 Å². The molecule has 0 bridgehead atoms. The highest BCUT2D eigenvalue weighted by Crippen LogP contribution is 2.42. The Morgan fingerprint density at radius 2 is 1.97 bits per heavy atom. The quantitative estimate of drug-likeness (QED) is 0.401. The molecule has 9 heteroatoms. The number of ether oxygens (including phenoxy) is 1. The molecule has 3 heterocycles. The maximum atomic E-state index is 13.9. The zero-order valence-corrected chi connectivity index (χ0v) is 20.3. The number of methoxy groups -OCH3 is 1. The third-order valence-corrected chi connectivity index (χ3v) is 6.37. The second kappa shape index (κ2) is 9.38. The Bertz CT molecular complexity index is 1240. The number of anilines is 2. The summed E-state index contributed by atoms with van der Waals surface area (Å²) in [5.41, 5.74) is 2.55. The number of rotatable bonds is 7. The minimum atomic E-state index is -0.829. The van der Waals surface area contributed by atoms with Gasteiger partial charge in [-0.05, 0) is 24.0 Å². The van der Waals surface area contributed by atoms with E-state index in [0.717, 1.165) is 11.1 Å². The second-order valence-corrected chi connectivity index (χ2v) is 9.05. The molecular formula is C25H26ClN5O3. The fourth-order valence-electron chi connectivity index (χ4n) is 4.30. The van der Waals surface area contributed by atoms with E-state index in [4.69, 9.17) is 16.3 Å². The molecule has 1 aliphatic rings. The summed E-state index contributed by atoms with van der Waals surface area (Å²) in [5.74, 6) is 1.12. The molecule has 0 atom stereocenters. The molecule has 1 fully saturated rings. The van der Waals surface area contributed by atoms with Crippen LogP contribution in [-0.4, -0.2) is 47.3 Å². The number of nitrogens with one attached hydrogen (secondary N) is 1. The van der Waals surface area contributed by atoms with Crippen molar-refractivity contribution in [2.45, 2.75) is 32.1 Å². The van der Waals surface area contributed by atoms with Crippen molar-refractivity contribution < 1.29 is 14.3 Å². The number of carbonyl (C=O) groups is 2. The lowest BCUT2D eigenvalue weighted by molar-refractivity contribution is -0.122. The first kappa shape index (κ1) is 23.6. The van der Waals surface area contributed by atoms with E-state index in [1.54, 1.807) is 19.2 Å². The second-order valence-electron chi connectivity index (χ2n) is 8.66. The number of aromatic nitrogens is 3. The van der Waals surface area contributed by atoms with Gasteiger partial charge in [-0.1, -0.05) is 49.7 Å². The lowest BCUT2D eigenvalue weighted by atomic mass is 9.69. The lowest BCUT2D eigenvalue weighted by Crippen LogP contribution is -2.65. The summed E-state index contributed by atoms with van der Waals surface area (Å²) in [6.45, 7) is 6.77. The van der Waals surface area contributed by atoms with Crippen LogP contribution >= 0.6 is 11.6 Å². The van der Waals surface area contributed by atoms with Crippen LogP contribution in [0.25, 0.3) is 0 Å². The summed E-state index contributed by atoms with van der Waals surface area (Å²) in [6, 6.07) is 9.57. The first-order valence-corrected chi connectivity index (χ1v) is 11.3. The van der Waals surface area contributed by atoms with Crippen molar-refractivity contribution in [1.29, 1.82) is 0 Å². The van der Waals surface area contributed by atoms with Gasteiger partial charge in [0, 0.05) is 19.2 Å². The van der Waals surface area contributed by atoms with E-state index in [1.165, 1.54) is 13.3 Å². The molecule has 1 aromatic carbocycles. The van der Waals surface area contributed by atoms with Crippen LogP contribution in [0.5, 0.6) is 5.75 Å². The summed E-state index contributed by atoms with van der Waals surface area (Å²) >= 11 is 5.99. The molecule has 1 amide bonds. The van der Waals surface area contributed by atoms with Crippen LogP contribution in [0, 0.1) is 6.92 Å². The van der Waals surface area contributed by atoms with Crippen molar-refractivity contribution in [3.63, 3.8) is 0 Å². The smallest absolute Gasteiger partial charge is 0.238 e. The minimum Gasteiger partial charge on any atom is -0.494 e. The van der Waals surface area contributed by atoms with Gasteiger partial charge < -0.3 is 15.0 Å². The van der Waals surface area contributed by atoms with Gasteiger partial charge in [-0.25, -0.2) is 15.0 Å². The molecule has 34 heavy (non-hydrogen) atoms. The van der Waals surface area contributed by atoms with Crippen LogP contribution in [0.2, 0.25) is 5.15 Å². The van der Waals surface area contributed by atoms with Gasteiger partial charge >= 0.3 is 0 Å². The molecule has 0 radical (unpaired) electrons. The van der Waals surface area contributed by atoms with E-state index in [1.807, 2.05) is 23.1 Å². The van der Waals surface area contributed by atoms with Crippen molar-refractivity contribution >= 4 is 35.3 Å². The van der Waals surface area contributed by atoms with E-state index in [0.29, 0.717) is 48.0 Å². The average molecular weight is 480 g/mol. The fourth-order valence-corrected chi connectivity index (χ4v) is 4.45. The number of aldehydes is 1. The summed E-state index contributed by atoms with van der Waals surface area (Å²) in [6.07, 6.45) is 3.75. The zero-order valence-electron chi connectivity index (χ0n) is 19.5. The number of amides is 1. The molecule has 8 nitrogen and oxygen atoms in total. The Labute approximate surface area is 203 Å². The van der Waals surface area contributed by atoms with E-state index in [2.05, 4.69) is 40.2 Å². The Morgan fingerprint density at radius 3 is 2.62 bits per heavy atom. The van der Waals surface area contributed by atoms with Gasteiger partial charge in [-0.3, -0.25) is 9.59 Å². The Kier molecular flexibility index (Phi) is 6.52. The number of benzene rings is 1. The van der Waals surface area contributed by atoms with E-state index in [9.17, 15) is 9.59 Å². The predicted molar refractivity (Wildman–Crippen MR) is 131 cm³/mol. The van der Waals surface area contributed by atoms with Crippen molar-refractivity contribution in [3.05, 3.63) is 70.4 Å². The number of aryl methyl sites for hydroxylation is 1. The average Bonchev–Trinajstić information content (AvgIpc) is 2.80. The highest BCUT2D eigenvalue weighted by atomic mass is 35.5. The number of carbonyl (C=O) groups excluding carboxylic acids is 2. The van der Waals surface area contributed by atoms with Gasteiger partial charge in [0.25, 0.3) is 0 Å². The summed E-state index contributed by atoms with van der Waals surface area (Å²) in [5, 5.41) is 3.28. The molecule has 4 rings (SSSR count). The Morgan fingerprint density at radius 1 is 1.24 bits per heavy atom. The molecule has 1 saturated heterocycles. The lowest BCUT2D eigenvalue weighted by Gasteiger charge is -2.50. The predicted octanol–water partition coefficient (Wildman–Crippen LogP) is 4.17. The largest absolute Gasteiger partial charge is 0.494 e. The number of hydrogen-bond acceptors (Lipinski definition) is 7. The summed E-state index contributed by atoms with van der Waals surface area (Å²) in [7, 11) is 1.51. The van der Waals surface area contributed by atoms with Crippen LogP contribution in [0.3, 0.4) is 0 Å². The molecule has 2 aromatic heterocycles. The van der Waals surface area contributed by atoms with Gasteiger partial charge in [0.1, 0.15) is 33.5 Å². The molecule has 1 aliphatic heterocycles. The minimum absolute atomic E-state index is 0.173. The highest BCUT2D eigenvalue weighted by Gasteiger charge is 2.52. The number of nitrogens with zero attached hydrogens (tertiary/aromatic N) is 4. The van der Waals surface area contributed by atoms with Crippen LogP contribution in [-0.2, 0) is 10.2 Å². The van der Waals surface area contributed by atoms with Crippen LogP contribution in [0.15, 0.2) is 42.7 Å². The van der Waals surface area contributed by atoms with Crippen molar-refractivity contribution in [2.24, 2.45) is 0 Å². The maximum absolute atomic E-state index is 13.9. The monoisotopic (exact) mass is 479 g/mol. The molecular weight excluding hydrogens is 454 g/mol. The molecule has 0 aliphatic carbocycles. The zero-order chi connectivity index (χ0) is 24.5. The Hall–Kier alpha value is -3.52. The maximum Gasteiger partial charge on any atom is 0.238 e. The fraction of sp³-hybridized carbons (Fsp3) is 0.320. The molecule has 0 spiro atoms. The van der Waals surface area contributed by atoms with Crippen molar-refractivity contribution in [3.8, 4) is 5.75 Å². The van der Waals surface area contributed by atoms with E-state index in [-0.39, 0.29) is 17.0 Å². The van der Waals surface area contributed by atoms with Gasteiger partial charge in [0.05, 0.1) is 25.2 Å². The number of halogens is 1. The van der Waals surface area contributed by atoms with E-state index >= 15 is 0 Å². The van der Waals surface area contributed by atoms with Gasteiger partial charge in [-0.15, -0.1) is 0 Å². The summed E-state index contributed by atoms with van der Waals surface area (Å²) < 4.78 is 5.39. The number of pyridine rings is 1.